The summed E-state index contributed by atoms with van der Waals surface area (Å²) in [5.41, 5.74) is 2.02. The van der Waals surface area contributed by atoms with Gasteiger partial charge < -0.3 is 9.88 Å². The average molecular weight is 427 g/mol. The summed E-state index contributed by atoms with van der Waals surface area (Å²) in [4.78, 5) is 29.4. The van der Waals surface area contributed by atoms with E-state index in [4.69, 9.17) is 0 Å². The van der Waals surface area contributed by atoms with Crippen LogP contribution in [0.2, 0.25) is 0 Å². The zero-order chi connectivity index (χ0) is 21.4. The first-order valence-electron chi connectivity index (χ1n) is 9.37. The SMILES string of the molecule is Cc1ccc(CSc2nc(=O)c3c(n2C)NC(=O)C[C@H]3c2ccc(F)cc2F)cc1. The van der Waals surface area contributed by atoms with Gasteiger partial charge in [0.15, 0.2) is 5.16 Å². The van der Waals surface area contributed by atoms with Gasteiger partial charge in [-0.15, -0.1) is 0 Å². The minimum absolute atomic E-state index is 0.103. The molecule has 1 N–H and O–H groups in total. The first-order valence-corrected chi connectivity index (χ1v) is 10.4. The molecule has 0 radical (unpaired) electrons. The van der Waals surface area contributed by atoms with Crippen molar-refractivity contribution in [3.8, 4) is 0 Å². The molecule has 2 heterocycles. The van der Waals surface area contributed by atoms with E-state index in [0.717, 1.165) is 23.3 Å². The number of fused-ring (bicyclic) bond motifs is 1. The topological polar surface area (TPSA) is 64.0 Å². The van der Waals surface area contributed by atoms with E-state index in [-0.39, 0.29) is 23.5 Å². The molecule has 1 aromatic heterocycles. The molecule has 0 fully saturated rings. The minimum atomic E-state index is -0.823. The quantitative estimate of drug-likeness (QED) is 0.502. The van der Waals surface area contributed by atoms with Gasteiger partial charge in [0.05, 0.1) is 5.56 Å². The first kappa shape index (κ1) is 20.3. The molecule has 0 unspecified atom stereocenters. The van der Waals surface area contributed by atoms with Crippen LogP contribution >= 0.6 is 11.8 Å². The van der Waals surface area contributed by atoms with Crippen molar-refractivity contribution in [2.45, 2.75) is 30.2 Å². The van der Waals surface area contributed by atoms with Gasteiger partial charge >= 0.3 is 0 Å². The lowest BCUT2D eigenvalue weighted by molar-refractivity contribution is -0.116. The van der Waals surface area contributed by atoms with E-state index < -0.39 is 23.1 Å². The number of anilines is 1. The molecule has 5 nitrogen and oxygen atoms in total. The highest BCUT2D eigenvalue weighted by atomic mass is 32.2. The van der Waals surface area contributed by atoms with E-state index in [1.807, 2.05) is 31.2 Å². The third-order valence-electron chi connectivity index (χ3n) is 5.13. The Morgan fingerprint density at radius 3 is 2.60 bits per heavy atom. The molecular formula is C22H19F2N3O2S. The fourth-order valence-corrected chi connectivity index (χ4v) is 4.47. The number of amides is 1. The summed E-state index contributed by atoms with van der Waals surface area (Å²) in [7, 11) is 1.70. The van der Waals surface area contributed by atoms with Crippen molar-refractivity contribution in [3.63, 3.8) is 0 Å². The maximum absolute atomic E-state index is 14.4. The third-order valence-corrected chi connectivity index (χ3v) is 6.23. The van der Waals surface area contributed by atoms with Crippen molar-refractivity contribution in [1.82, 2.24) is 9.55 Å². The number of aromatic nitrogens is 2. The Bertz CT molecular complexity index is 1190. The zero-order valence-electron chi connectivity index (χ0n) is 16.4. The van der Waals surface area contributed by atoms with Gasteiger partial charge in [-0.2, -0.15) is 4.98 Å². The van der Waals surface area contributed by atoms with Gasteiger partial charge in [0.1, 0.15) is 17.5 Å². The molecule has 30 heavy (non-hydrogen) atoms. The normalized spacial score (nSPS) is 15.6. The van der Waals surface area contributed by atoms with Crippen molar-refractivity contribution < 1.29 is 13.6 Å². The van der Waals surface area contributed by atoms with E-state index in [0.29, 0.717) is 16.7 Å². The van der Waals surface area contributed by atoms with Crippen LogP contribution in [0.5, 0.6) is 0 Å². The van der Waals surface area contributed by atoms with Crippen molar-refractivity contribution in [2.75, 3.05) is 5.32 Å². The van der Waals surface area contributed by atoms with Crippen LogP contribution in [0.3, 0.4) is 0 Å². The van der Waals surface area contributed by atoms with Crippen LogP contribution in [-0.4, -0.2) is 15.5 Å². The molecule has 0 spiro atoms. The molecule has 0 aliphatic carbocycles. The van der Waals surface area contributed by atoms with Crippen molar-refractivity contribution >= 4 is 23.5 Å². The standard InChI is InChI=1S/C22H19F2N3O2S/c1-12-3-5-13(6-4-12)11-30-22-26-21(29)19-16(10-18(28)25-20(19)27(22)2)15-8-7-14(23)9-17(15)24/h3-9,16H,10-11H2,1-2H3,(H,25,28)/t16-/m0/s1. The molecule has 154 valence electrons. The Morgan fingerprint density at radius 2 is 1.90 bits per heavy atom. The molecule has 1 amide bonds. The molecular weight excluding hydrogens is 408 g/mol. The number of benzene rings is 2. The lowest BCUT2D eigenvalue weighted by Gasteiger charge is -2.27. The molecule has 4 rings (SSSR count). The van der Waals surface area contributed by atoms with E-state index in [2.05, 4.69) is 10.3 Å². The molecule has 8 heteroatoms. The molecule has 1 aliphatic heterocycles. The Labute approximate surface area is 176 Å². The maximum Gasteiger partial charge on any atom is 0.279 e. The highest BCUT2D eigenvalue weighted by molar-refractivity contribution is 7.98. The lowest BCUT2D eigenvalue weighted by Crippen LogP contribution is -2.33. The fourth-order valence-electron chi connectivity index (χ4n) is 3.55. The molecule has 1 aliphatic rings. The van der Waals surface area contributed by atoms with Crippen LogP contribution in [0.4, 0.5) is 14.6 Å². The molecule has 1 atom stereocenters. The largest absolute Gasteiger partial charge is 0.312 e. The van der Waals surface area contributed by atoms with E-state index in [1.165, 1.54) is 17.8 Å². The number of hydrogen-bond donors (Lipinski definition) is 1. The second-order valence-corrected chi connectivity index (χ2v) is 8.21. The van der Waals surface area contributed by atoms with Gasteiger partial charge in [-0.25, -0.2) is 8.78 Å². The molecule has 0 bridgehead atoms. The number of halogens is 2. The number of carbonyl (C=O) groups excluding carboxylic acids is 1. The summed E-state index contributed by atoms with van der Waals surface area (Å²) in [6, 6.07) is 11.2. The molecule has 2 aromatic carbocycles. The summed E-state index contributed by atoms with van der Waals surface area (Å²) < 4.78 is 29.4. The number of thioether (sulfide) groups is 1. The highest BCUT2D eigenvalue weighted by Gasteiger charge is 2.33. The summed E-state index contributed by atoms with van der Waals surface area (Å²) in [5, 5.41) is 3.16. The smallest absolute Gasteiger partial charge is 0.279 e. The van der Waals surface area contributed by atoms with Crippen LogP contribution in [0.1, 0.15) is 34.6 Å². The van der Waals surface area contributed by atoms with Gasteiger partial charge in [-0.1, -0.05) is 47.7 Å². The predicted molar refractivity (Wildman–Crippen MR) is 112 cm³/mol. The Balaban J connectivity index is 1.72. The Hall–Kier alpha value is -3.00. The number of nitrogens with one attached hydrogen (secondary N) is 1. The van der Waals surface area contributed by atoms with E-state index in [1.54, 1.807) is 11.6 Å². The minimum Gasteiger partial charge on any atom is -0.312 e. The zero-order valence-corrected chi connectivity index (χ0v) is 17.2. The third kappa shape index (κ3) is 3.87. The van der Waals surface area contributed by atoms with E-state index >= 15 is 0 Å². The van der Waals surface area contributed by atoms with Crippen molar-refractivity contribution in [2.24, 2.45) is 7.05 Å². The molecule has 0 saturated heterocycles. The molecule has 3 aromatic rings. The van der Waals surface area contributed by atoms with Crippen LogP contribution in [0, 0.1) is 18.6 Å². The van der Waals surface area contributed by atoms with Crippen LogP contribution in [0.25, 0.3) is 0 Å². The predicted octanol–water partition coefficient (Wildman–Crippen LogP) is 4.13. The summed E-state index contributed by atoms with van der Waals surface area (Å²) >= 11 is 1.37. The van der Waals surface area contributed by atoms with Gasteiger partial charge in [0.25, 0.3) is 5.56 Å². The first-order chi connectivity index (χ1) is 14.3. The average Bonchev–Trinajstić information content (AvgIpc) is 2.70. The number of carbonyl (C=O) groups is 1. The second-order valence-electron chi connectivity index (χ2n) is 7.27. The number of aryl methyl sites for hydroxylation is 1. The number of hydrogen-bond acceptors (Lipinski definition) is 4. The van der Waals surface area contributed by atoms with Crippen LogP contribution in [0.15, 0.2) is 52.4 Å². The fraction of sp³-hybridized carbons (Fsp3) is 0.227. The van der Waals surface area contributed by atoms with Gasteiger partial charge in [-0.05, 0) is 24.1 Å². The van der Waals surface area contributed by atoms with E-state index in [9.17, 15) is 18.4 Å². The summed E-state index contributed by atoms with van der Waals surface area (Å²) in [5.74, 6) is -1.77. The Morgan fingerprint density at radius 1 is 1.17 bits per heavy atom. The summed E-state index contributed by atoms with van der Waals surface area (Å²) in [6.45, 7) is 2.01. The highest BCUT2D eigenvalue weighted by Crippen LogP contribution is 2.37. The second kappa shape index (κ2) is 8.02. The van der Waals surface area contributed by atoms with Gasteiger partial charge in [0, 0.05) is 31.2 Å². The monoisotopic (exact) mass is 427 g/mol. The lowest BCUT2D eigenvalue weighted by atomic mass is 9.86. The van der Waals surface area contributed by atoms with Gasteiger partial charge in [-0.3, -0.25) is 9.59 Å². The van der Waals surface area contributed by atoms with Crippen LogP contribution in [-0.2, 0) is 17.6 Å². The van der Waals surface area contributed by atoms with Crippen molar-refractivity contribution in [3.05, 3.63) is 86.7 Å². The molecule has 0 saturated carbocycles. The Kier molecular flexibility index (Phi) is 5.42. The number of nitrogens with zero attached hydrogens (tertiary/aromatic N) is 2. The van der Waals surface area contributed by atoms with Gasteiger partial charge in [0.2, 0.25) is 5.91 Å². The summed E-state index contributed by atoms with van der Waals surface area (Å²) in [6.07, 6.45) is -0.109. The number of rotatable bonds is 4. The van der Waals surface area contributed by atoms with Crippen molar-refractivity contribution in [1.29, 1.82) is 0 Å². The van der Waals surface area contributed by atoms with Crippen LogP contribution < -0.4 is 10.9 Å². The maximum atomic E-state index is 14.4.